The zero-order chi connectivity index (χ0) is 11.5. The van der Waals surface area contributed by atoms with Crippen LogP contribution < -0.4 is 11.1 Å². The number of hydrogen-bond donors (Lipinski definition) is 2. The molecule has 0 radical (unpaired) electrons. The zero-order valence-electron chi connectivity index (χ0n) is 9.44. The summed E-state index contributed by atoms with van der Waals surface area (Å²) >= 11 is 0. The van der Waals surface area contributed by atoms with Crippen LogP contribution in [0, 0.1) is 6.92 Å². The van der Waals surface area contributed by atoms with Gasteiger partial charge in [0.25, 0.3) is 0 Å². The standard InChI is InChI=1S/C11H15N5/c1-8-10(12)3-4-11(15-8)13-5-9-6-14-16(2)7-9/h3-4,6-7H,5,12H2,1-2H3,(H,13,15). The van der Waals surface area contributed by atoms with Crippen LogP contribution >= 0.6 is 0 Å². The maximum Gasteiger partial charge on any atom is 0.126 e. The molecule has 0 aromatic carbocycles. The Balaban J connectivity index is 2.02. The molecular weight excluding hydrogens is 202 g/mol. The molecule has 2 heterocycles. The number of hydrogen-bond acceptors (Lipinski definition) is 4. The maximum absolute atomic E-state index is 5.70. The van der Waals surface area contributed by atoms with E-state index < -0.39 is 0 Å². The number of pyridine rings is 1. The Labute approximate surface area is 94.3 Å². The largest absolute Gasteiger partial charge is 0.397 e. The van der Waals surface area contributed by atoms with E-state index in [0.717, 1.165) is 17.1 Å². The summed E-state index contributed by atoms with van der Waals surface area (Å²) in [5.41, 5.74) is 8.38. The van der Waals surface area contributed by atoms with Gasteiger partial charge in [-0.15, -0.1) is 0 Å². The lowest BCUT2D eigenvalue weighted by Gasteiger charge is -2.06. The van der Waals surface area contributed by atoms with E-state index in [1.165, 1.54) is 0 Å². The van der Waals surface area contributed by atoms with E-state index in [4.69, 9.17) is 5.73 Å². The summed E-state index contributed by atoms with van der Waals surface area (Å²) in [5, 5.41) is 7.32. The van der Waals surface area contributed by atoms with Gasteiger partial charge in [0.2, 0.25) is 0 Å². The van der Waals surface area contributed by atoms with Gasteiger partial charge in [0, 0.05) is 25.4 Å². The molecule has 0 saturated carbocycles. The average Bonchev–Trinajstić information content (AvgIpc) is 2.66. The number of anilines is 2. The Morgan fingerprint density at radius 2 is 2.25 bits per heavy atom. The van der Waals surface area contributed by atoms with E-state index in [1.54, 1.807) is 4.68 Å². The molecule has 0 atom stereocenters. The molecule has 2 aromatic heterocycles. The van der Waals surface area contributed by atoms with Gasteiger partial charge in [-0.05, 0) is 19.1 Å². The van der Waals surface area contributed by atoms with Crippen molar-refractivity contribution in [1.82, 2.24) is 14.8 Å². The van der Waals surface area contributed by atoms with Crippen molar-refractivity contribution in [2.75, 3.05) is 11.1 Å². The molecule has 5 heteroatoms. The maximum atomic E-state index is 5.70. The number of aromatic nitrogens is 3. The van der Waals surface area contributed by atoms with E-state index in [-0.39, 0.29) is 0 Å². The molecule has 2 aromatic rings. The minimum absolute atomic E-state index is 0.712. The van der Waals surface area contributed by atoms with Crippen molar-refractivity contribution in [3.63, 3.8) is 0 Å². The molecule has 0 fully saturated rings. The van der Waals surface area contributed by atoms with E-state index >= 15 is 0 Å². The van der Waals surface area contributed by atoms with Crippen LogP contribution in [0.5, 0.6) is 0 Å². The third kappa shape index (κ3) is 2.31. The lowest BCUT2D eigenvalue weighted by atomic mass is 10.3. The summed E-state index contributed by atoms with van der Waals surface area (Å²) in [6.45, 7) is 2.61. The Kier molecular flexibility index (Phi) is 2.76. The van der Waals surface area contributed by atoms with Crippen molar-refractivity contribution in [3.05, 3.63) is 35.8 Å². The van der Waals surface area contributed by atoms with Gasteiger partial charge in [0.05, 0.1) is 17.6 Å². The van der Waals surface area contributed by atoms with E-state index in [1.807, 2.05) is 38.5 Å². The number of nitrogens with two attached hydrogens (primary N) is 1. The van der Waals surface area contributed by atoms with Crippen LogP contribution in [0.25, 0.3) is 0 Å². The first-order chi connectivity index (χ1) is 7.65. The molecule has 84 valence electrons. The predicted molar refractivity (Wildman–Crippen MR) is 63.9 cm³/mol. The first-order valence-corrected chi connectivity index (χ1v) is 5.09. The van der Waals surface area contributed by atoms with E-state index in [2.05, 4.69) is 15.4 Å². The van der Waals surface area contributed by atoms with E-state index in [0.29, 0.717) is 12.2 Å². The second-order valence-corrected chi connectivity index (χ2v) is 3.75. The number of nitrogen functional groups attached to an aromatic ring is 1. The normalized spacial score (nSPS) is 10.4. The van der Waals surface area contributed by atoms with E-state index in [9.17, 15) is 0 Å². The van der Waals surface area contributed by atoms with Gasteiger partial charge < -0.3 is 11.1 Å². The summed E-state index contributed by atoms with van der Waals surface area (Å²) < 4.78 is 1.78. The van der Waals surface area contributed by atoms with Gasteiger partial charge >= 0.3 is 0 Å². The summed E-state index contributed by atoms with van der Waals surface area (Å²) in [6, 6.07) is 3.73. The summed E-state index contributed by atoms with van der Waals surface area (Å²) in [4.78, 5) is 4.33. The molecule has 0 amide bonds. The van der Waals surface area contributed by atoms with Crippen LogP contribution in [0.2, 0.25) is 0 Å². The van der Waals surface area contributed by atoms with Crippen LogP contribution in [-0.2, 0) is 13.6 Å². The molecule has 3 N–H and O–H groups in total. The zero-order valence-corrected chi connectivity index (χ0v) is 9.44. The second-order valence-electron chi connectivity index (χ2n) is 3.75. The highest BCUT2D eigenvalue weighted by molar-refractivity contribution is 5.49. The van der Waals surface area contributed by atoms with Crippen molar-refractivity contribution in [2.24, 2.45) is 7.05 Å². The van der Waals surface area contributed by atoms with Crippen LogP contribution in [0.3, 0.4) is 0 Å². The molecule has 0 bridgehead atoms. The van der Waals surface area contributed by atoms with Gasteiger partial charge in [-0.1, -0.05) is 0 Å². The van der Waals surface area contributed by atoms with Gasteiger partial charge in [-0.2, -0.15) is 5.10 Å². The van der Waals surface area contributed by atoms with Gasteiger partial charge in [0.1, 0.15) is 5.82 Å². The predicted octanol–water partition coefficient (Wildman–Crippen LogP) is 1.32. The fourth-order valence-electron chi connectivity index (χ4n) is 1.43. The molecular formula is C11H15N5. The summed E-state index contributed by atoms with van der Waals surface area (Å²) in [7, 11) is 1.90. The third-order valence-electron chi connectivity index (χ3n) is 2.36. The van der Waals surface area contributed by atoms with Crippen molar-refractivity contribution >= 4 is 11.5 Å². The number of nitrogens with one attached hydrogen (secondary N) is 1. The average molecular weight is 217 g/mol. The number of nitrogens with zero attached hydrogens (tertiary/aromatic N) is 3. The Bertz CT molecular complexity index is 489. The lowest BCUT2D eigenvalue weighted by molar-refractivity contribution is 0.767. The number of rotatable bonds is 3. The SMILES string of the molecule is Cc1nc(NCc2cnn(C)c2)ccc1N. The first-order valence-electron chi connectivity index (χ1n) is 5.09. The second kappa shape index (κ2) is 4.22. The fraction of sp³-hybridized carbons (Fsp3) is 0.273. The molecule has 0 spiro atoms. The van der Waals surface area contributed by atoms with Gasteiger partial charge in [-0.3, -0.25) is 4.68 Å². The fourth-order valence-corrected chi connectivity index (χ4v) is 1.43. The summed E-state index contributed by atoms with van der Waals surface area (Å²) in [5.74, 6) is 0.829. The topological polar surface area (TPSA) is 68.8 Å². The molecule has 0 aliphatic heterocycles. The lowest BCUT2D eigenvalue weighted by Crippen LogP contribution is -2.02. The Morgan fingerprint density at radius 3 is 2.88 bits per heavy atom. The molecule has 0 saturated heterocycles. The van der Waals surface area contributed by atoms with Crippen molar-refractivity contribution in [1.29, 1.82) is 0 Å². The Hall–Kier alpha value is -2.04. The molecule has 2 rings (SSSR count). The van der Waals surface area contributed by atoms with Gasteiger partial charge in [0.15, 0.2) is 0 Å². The molecule has 0 aliphatic carbocycles. The molecule has 0 unspecified atom stereocenters. The highest BCUT2D eigenvalue weighted by atomic mass is 15.2. The molecule has 5 nitrogen and oxygen atoms in total. The Morgan fingerprint density at radius 1 is 1.44 bits per heavy atom. The van der Waals surface area contributed by atoms with Crippen molar-refractivity contribution in [3.8, 4) is 0 Å². The molecule has 16 heavy (non-hydrogen) atoms. The summed E-state index contributed by atoms with van der Waals surface area (Å²) in [6.07, 6.45) is 3.80. The minimum Gasteiger partial charge on any atom is -0.397 e. The van der Waals surface area contributed by atoms with Crippen molar-refractivity contribution in [2.45, 2.75) is 13.5 Å². The van der Waals surface area contributed by atoms with Crippen molar-refractivity contribution < 1.29 is 0 Å². The minimum atomic E-state index is 0.712. The number of aryl methyl sites for hydroxylation is 2. The highest BCUT2D eigenvalue weighted by Crippen LogP contribution is 2.12. The third-order valence-corrected chi connectivity index (χ3v) is 2.36. The van der Waals surface area contributed by atoms with Crippen LogP contribution in [-0.4, -0.2) is 14.8 Å². The van der Waals surface area contributed by atoms with Gasteiger partial charge in [-0.25, -0.2) is 4.98 Å². The first kappa shape index (κ1) is 10.5. The van der Waals surface area contributed by atoms with Crippen LogP contribution in [0.4, 0.5) is 11.5 Å². The smallest absolute Gasteiger partial charge is 0.126 e. The highest BCUT2D eigenvalue weighted by Gasteiger charge is 1.99. The monoisotopic (exact) mass is 217 g/mol. The quantitative estimate of drug-likeness (QED) is 0.813. The molecule has 0 aliphatic rings. The van der Waals surface area contributed by atoms with Crippen LogP contribution in [0.15, 0.2) is 24.5 Å². The van der Waals surface area contributed by atoms with Crippen LogP contribution in [0.1, 0.15) is 11.3 Å².